The van der Waals surface area contributed by atoms with Crippen molar-refractivity contribution in [3.8, 4) is 0 Å². The summed E-state index contributed by atoms with van der Waals surface area (Å²) in [7, 11) is -1.48. The van der Waals surface area contributed by atoms with Gasteiger partial charge in [0.15, 0.2) is 0 Å². The number of hydrogen-bond donors (Lipinski definition) is 2. The Bertz CT molecular complexity index is 394. The SMILES string of the molecule is C=C/C=C(\C=C)c1ccccc1B(O)O. The second-order valence-corrected chi connectivity index (χ2v) is 3.02. The topological polar surface area (TPSA) is 40.5 Å². The van der Waals surface area contributed by atoms with E-state index < -0.39 is 7.12 Å². The summed E-state index contributed by atoms with van der Waals surface area (Å²) >= 11 is 0. The first kappa shape index (κ1) is 11.5. The zero-order valence-electron chi connectivity index (χ0n) is 8.43. The molecular weight excluding hydrogens is 187 g/mol. The molecule has 76 valence electrons. The van der Waals surface area contributed by atoms with Crippen LogP contribution < -0.4 is 5.46 Å². The Kier molecular flexibility index (Phi) is 4.09. The molecule has 0 radical (unpaired) electrons. The van der Waals surface area contributed by atoms with Crippen molar-refractivity contribution in [3.05, 3.63) is 61.2 Å². The first-order valence-corrected chi connectivity index (χ1v) is 4.61. The van der Waals surface area contributed by atoms with Gasteiger partial charge in [0.2, 0.25) is 0 Å². The number of rotatable bonds is 4. The highest BCUT2D eigenvalue weighted by Gasteiger charge is 2.15. The summed E-state index contributed by atoms with van der Waals surface area (Å²) in [5.41, 5.74) is 2.03. The summed E-state index contributed by atoms with van der Waals surface area (Å²) in [6, 6.07) is 7.07. The summed E-state index contributed by atoms with van der Waals surface area (Å²) in [5.74, 6) is 0. The molecule has 1 rings (SSSR count). The van der Waals surface area contributed by atoms with Crippen LogP contribution in [0, 0.1) is 0 Å². The van der Waals surface area contributed by atoms with E-state index in [0.717, 1.165) is 11.1 Å². The average Bonchev–Trinajstić information content (AvgIpc) is 2.26. The van der Waals surface area contributed by atoms with E-state index in [2.05, 4.69) is 13.2 Å². The molecule has 0 aromatic heterocycles. The van der Waals surface area contributed by atoms with Crippen molar-refractivity contribution in [2.45, 2.75) is 0 Å². The molecule has 0 aliphatic carbocycles. The zero-order chi connectivity index (χ0) is 11.3. The number of hydrogen-bond acceptors (Lipinski definition) is 2. The predicted molar refractivity (Wildman–Crippen MR) is 64.6 cm³/mol. The molecule has 0 amide bonds. The van der Waals surface area contributed by atoms with E-state index in [-0.39, 0.29) is 0 Å². The third-order valence-corrected chi connectivity index (χ3v) is 2.07. The molecule has 0 atom stereocenters. The molecule has 0 aliphatic heterocycles. The summed E-state index contributed by atoms with van der Waals surface area (Å²) < 4.78 is 0. The first-order chi connectivity index (χ1) is 7.20. The van der Waals surface area contributed by atoms with Gasteiger partial charge in [0.25, 0.3) is 0 Å². The second-order valence-electron chi connectivity index (χ2n) is 3.02. The van der Waals surface area contributed by atoms with E-state index in [9.17, 15) is 10.0 Å². The van der Waals surface area contributed by atoms with Crippen molar-refractivity contribution >= 4 is 18.2 Å². The highest BCUT2D eigenvalue weighted by Crippen LogP contribution is 2.13. The largest absolute Gasteiger partial charge is 0.489 e. The molecule has 2 nitrogen and oxygen atoms in total. The van der Waals surface area contributed by atoms with E-state index in [1.165, 1.54) is 0 Å². The highest BCUT2D eigenvalue weighted by molar-refractivity contribution is 6.59. The van der Waals surface area contributed by atoms with E-state index in [1.807, 2.05) is 12.1 Å². The Morgan fingerprint density at radius 1 is 1.20 bits per heavy atom. The van der Waals surface area contributed by atoms with Gasteiger partial charge in [-0.15, -0.1) is 0 Å². The van der Waals surface area contributed by atoms with E-state index in [4.69, 9.17) is 0 Å². The fourth-order valence-corrected chi connectivity index (χ4v) is 1.38. The van der Waals surface area contributed by atoms with Gasteiger partial charge >= 0.3 is 7.12 Å². The van der Waals surface area contributed by atoms with Gasteiger partial charge in [0, 0.05) is 0 Å². The Balaban J connectivity index is 3.28. The molecule has 0 aliphatic rings. The van der Waals surface area contributed by atoms with Crippen LogP contribution in [0.5, 0.6) is 0 Å². The summed E-state index contributed by atoms with van der Waals surface area (Å²) in [6.45, 7) is 7.28. The van der Waals surface area contributed by atoms with Gasteiger partial charge in [-0.05, 0) is 16.6 Å². The Morgan fingerprint density at radius 3 is 2.40 bits per heavy atom. The Labute approximate surface area is 90.0 Å². The quantitative estimate of drug-likeness (QED) is 0.564. The molecule has 0 heterocycles. The second kappa shape index (κ2) is 5.34. The third kappa shape index (κ3) is 2.69. The Hall–Kier alpha value is -1.58. The molecule has 1 aromatic carbocycles. The van der Waals surface area contributed by atoms with Crippen LogP contribution in [0.25, 0.3) is 5.57 Å². The van der Waals surface area contributed by atoms with Gasteiger partial charge in [-0.1, -0.05) is 55.7 Å². The maximum Gasteiger partial charge on any atom is 0.489 e. The molecule has 2 N–H and O–H groups in total. The average molecular weight is 200 g/mol. The van der Waals surface area contributed by atoms with Gasteiger partial charge < -0.3 is 10.0 Å². The molecule has 0 saturated heterocycles. The number of allylic oxidation sites excluding steroid dienone is 4. The molecule has 0 saturated carbocycles. The van der Waals surface area contributed by atoms with Gasteiger partial charge in [-0.25, -0.2) is 0 Å². The van der Waals surface area contributed by atoms with Crippen molar-refractivity contribution in [1.29, 1.82) is 0 Å². The molecule has 0 fully saturated rings. The number of benzene rings is 1. The van der Waals surface area contributed by atoms with Gasteiger partial charge in [0.05, 0.1) is 0 Å². The van der Waals surface area contributed by atoms with Crippen molar-refractivity contribution in [3.63, 3.8) is 0 Å². The lowest BCUT2D eigenvalue weighted by molar-refractivity contribution is 0.425. The molecule has 15 heavy (non-hydrogen) atoms. The first-order valence-electron chi connectivity index (χ1n) is 4.61. The minimum absolute atomic E-state index is 0.463. The normalized spacial score (nSPS) is 10.9. The minimum atomic E-state index is -1.48. The van der Waals surface area contributed by atoms with Gasteiger partial charge in [-0.2, -0.15) is 0 Å². The van der Waals surface area contributed by atoms with Crippen molar-refractivity contribution in [2.75, 3.05) is 0 Å². The third-order valence-electron chi connectivity index (χ3n) is 2.07. The minimum Gasteiger partial charge on any atom is -0.423 e. The smallest absolute Gasteiger partial charge is 0.423 e. The van der Waals surface area contributed by atoms with Gasteiger partial charge in [-0.3, -0.25) is 0 Å². The molecule has 1 aromatic rings. The molecule has 0 spiro atoms. The highest BCUT2D eigenvalue weighted by atomic mass is 16.4. The van der Waals surface area contributed by atoms with Crippen LogP contribution in [-0.4, -0.2) is 17.2 Å². The van der Waals surface area contributed by atoms with Crippen molar-refractivity contribution < 1.29 is 10.0 Å². The van der Waals surface area contributed by atoms with E-state index >= 15 is 0 Å². The lowest BCUT2D eigenvalue weighted by Gasteiger charge is -2.08. The molecular formula is C12H13BO2. The van der Waals surface area contributed by atoms with Crippen molar-refractivity contribution in [2.24, 2.45) is 0 Å². The lowest BCUT2D eigenvalue weighted by Crippen LogP contribution is -2.32. The van der Waals surface area contributed by atoms with Crippen LogP contribution in [0.4, 0.5) is 0 Å². The lowest BCUT2D eigenvalue weighted by atomic mass is 9.75. The van der Waals surface area contributed by atoms with E-state index in [1.54, 1.807) is 30.4 Å². The van der Waals surface area contributed by atoms with E-state index in [0.29, 0.717) is 5.46 Å². The standard InChI is InChI=1S/C12H13BO2/c1-3-7-10(4-2)11-8-5-6-9-12(11)13(14)15/h3-9,14-15H,1-2H2/b10-7+. The fraction of sp³-hybridized carbons (Fsp3) is 0. The van der Waals surface area contributed by atoms with Crippen LogP contribution in [0.3, 0.4) is 0 Å². The molecule has 0 unspecified atom stereocenters. The van der Waals surface area contributed by atoms with Crippen molar-refractivity contribution in [1.82, 2.24) is 0 Å². The van der Waals surface area contributed by atoms with Gasteiger partial charge in [0.1, 0.15) is 0 Å². The maximum atomic E-state index is 9.19. The molecule has 3 heteroatoms. The van der Waals surface area contributed by atoms with Crippen LogP contribution in [0.2, 0.25) is 0 Å². The zero-order valence-corrected chi connectivity index (χ0v) is 8.43. The van der Waals surface area contributed by atoms with Crippen LogP contribution in [0.1, 0.15) is 5.56 Å². The summed E-state index contributed by atoms with van der Waals surface area (Å²) in [4.78, 5) is 0. The van der Waals surface area contributed by atoms with Crippen LogP contribution in [-0.2, 0) is 0 Å². The predicted octanol–water partition coefficient (Wildman–Crippen LogP) is 1.12. The molecule has 0 bridgehead atoms. The fourth-order valence-electron chi connectivity index (χ4n) is 1.38. The van der Waals surface area contributed by atoms with Crippen LogP contribution >= 0.6 is 0 Å². The van der Waals surface area contributed by atoms with Crippen LogP contribution in [0.15, 0.2) is 55.7 Å². The monoisotopic (exact) mass is 200 g/mol. The summed E-state index contributed by atoms with van der Waals surface area (Å²) in [5, 5.41) is 18.4. The Morgan fingerprint density at radius 2 is 1.87 bits per heavy atom. The maximum absolute atomic E-state index is 9.19. The summed E-state index contributed by atoms with van der Waals surface area (Å²) in [6.07, 6.45) is 5.06.